The zero-order valence-electron chi connectivity index (χ0n) is 15.3. The molecule has 0 unspecified atom stereocenters. The van der Waals surface area contributed by atoms with E-state index >= 15 is 0 Å². The maximum Gasteiger partial charge on any atom is 0.319 e. The third-order valence-electron chi connectivity index (χ3n) is 4.73. The number of benzene rings is 1. The number of anilines is 1. The van der Waals surface area contributed by atoms with Gasteiger partial charge in [0.25, 0.3) is 6.47 Å². The van der Waals surface area contributed by atoms with Crippen LogP contribution in [0.25, 0.3) is 0 Å². The SMILES string of the molecule is CC(C)[C@@H]1CN2C[C@@H](NC(=O)Nc3c(Cl)cccc3Cl)C[C@H]2CO1.O=CO. The van der Waals surface area contributed by atoms with Crippen molar-refractivity contribution in [3.8, 4) is 0 Å². The van der Waals surface area contributed by atoms with Crippen molar-refractivity contribution in [3.63, 3.8) is 0 Å². The molecule has 2 saturated heterocycles. The average Bonchev–Trinajstić information content (AvgIpc) is 3.00. The molecule has 2 aliphatic heterocycles. The van der Waals surface area contributed by atoms with Gasteiger partial charge in [-0.15, -0.1) is 0 Å². The van der Waals surface area contributed by atoms with Gasteiger partial charge >= 0.3 is 6.03 Å². The van der Waals surface area contributed by atoms with Gasteiger partial charge in [-0.1, -0.05) is 43.1 Å². The van der Waals surface area contributed by atoms with Gasteiger partial charge in [0.15, 0.2) is 0 Å². The van der Waals surface area contributed by atoms with Crippen molar-refractivity contribution in [2.45, 2.75) is 38.5 Å². The zero-order chi connectivity index (χ0) is 20.0. The first kappa shape index (κ1) is 21.8. The maximum atomic E-state index is 12.3. The van der Waals surface area contributed by atoms with Crippen LogP contribution in [0.4, 0.5) is 10.5 Å². The molecule has 2 fully saturated rings. The fourth-order valence-corrected chi connectivity index (χ4v) is 3.85. The van der Waals surface area contributed by atoms with E-state index in [1.54, 1.807) is 18.2 Å². The number of amides is 2. The number of nitrogens with one attached hydrogen (secondary N) is 2. The number of hydrogen-bond acceptors (Lipinski definition) is 4. The van der Waals surface area contributed by atoms with Crippen LogP contribution in [0.15, 0.2) is 18.2 Å². The Balaban J connectivity index is 0.000000817. The van der Waals surface area contributed by atoms with Crippen molar-refractivity contribution in [2.75, 3.05) is 25.0 Å². The molecular formula is C18H25Cl2N3O4. The minimum absolute atomic E-state index is 0.103. The van der Waals surface area contributed by atoms with E-state index in [0.717, 1.165) is 26.1 Å². The molecule has 2 amide bonds. The van der Waals surface area contributed by atoms with Gasteiger partial charge in [0.05, 0.1) is 28.4 Å². The molecule has 0 radical (unpaired) electrons. The number of carbonyl (C=O) groups is 2. The molecule has 0 saturated carbocycles. The second-order valence-electron chi connectivity index (χ2n) is 6.96. The lowest BCUT2D eigenvalue weighted by Crippen LogP contribution is -2.48. The molecule has 0 aliphatic carbocycles. The first-order valence-electron chi connectivity index (χ1n) is 8.80. The van der Waals surface area contributed by atoms with Crippen LogP contribution in [0.3, 0.4) is 0 Å². The van der Waals surface area contributed by atoms with Crippen LogP contribution in [0, 0.1) is 5.92 Å². The Hall–Kier alpha value is -1.54. The molecule has 0 spiro atoms. The highest BCUT2D eigenvalue weighted by Gasteiger charge is 2.38. The van der Waals surface area contributed by atoms with Gasteiger partial charge in [-0.3, -0.25) is 9.69 Å². The van der Waals surface area contributed by atoms with E-state index in [-0.39, 0.29) is 24.6 Å². The third-order valence-corrected chi connectivity index (χ3v) is 5.36. The molecule has 150 valence electrons. The smallest absolute Gasteiger partial charge is 0.319 e. The fraction of sp³-hybridized carbons (Fsp3) is 0.556. The van der Waals surface area contributed by atoms with Crippen molar-refractivity contribution in [1.29, 1.82) is 0 Å². The number of urea groups is 1. The summed E-state index contributed by atoms with van der Waals surface area (Å²) in [5.41, 5.74) is 0.442. The summed E-state index contributed by atoms with van der Waals surface area (Å²) in [4.78, 5) is 23.0. The standard InChI is InChI=1S/C17H23Cl2N3O2.CH2O2/c1-10(2)15-8-22-7-11(6-12(22)9-24-15)20-17(23)21-16-13(18)4-3-5-14(16)19;2-1-3/h3-5,10-12,15H,6-9H2,1-2H3,(H2,20,21,23);1H,(H,2,3)/t11-,12-,15-;/m0./s1. The largest absolute Gasteiger partial charge is 0.483 e. The number of ether oxygens (including phenoxy) is 1. The summed E-state index contributed by atoms with van der Waals surface area (Å²) in [5, 5.41) is 13.5. The van der Waals surface area contributed by atoms with Crippen molar-refractivity contribution >= 4 is 41.4 Å². The van der Waals surface area contributed by atoms with E-state index in [1.165, 1.54) is 0 Å². The molecule has 2 aliphatic rings. The van der Waals surface area contributed by atoms with Crippen molar-refractivity contribution in [3.05, 3.63) is 28.2 Å². The van der Waals surface area contributed by atoms with Crippen LogP contribution in [-0.2, 0) is 9.53 Å². The number of morpholine rings is 1. The number of carbonyl (C=O) groups excluding carboxylic acids is 1. The first-order chi connectivity index (χ1) is 12.8. The van der Waals surface area contributed by atoms with Gasteiger partial charge in [0, 0.05) is 25.2 Å². The number of fused-ring (bicyclic) bond motifs is 1. The van der Waals surface area contributed by atoms with E-state index in [9.17, 15) is 4.79 Å². The van der Waals surface area contributed by atoms with Gasteiger partial charge in [0.2, 0.25) is 0 Å². The van der Waals surface area contributed by atoms with Crippen LogP contribution in [0.5, 0.6) is 0 Å². The highest BCUT2D eigenvalue weighted by molar-refractivity contribution is 6.39. The molecule has 3 atom stereocenters. The first-order valence-corrected chi connectivity index (χ1v) is 9.56. The number of para-hydroxylation sites is 1. The monoisotopic (exact) mass is 417 g/mol. The van der Waals surface area contributed by atoms with Crippen molar-refractivity contribution in [1.82, 2.24) is 10.2 Å². The quantitative estimate of drug-likeness (QED) is 0.656. The summed E-state index contributed by atoms with van der Waals surface area (Å²) >= 11 is 12.2. The van der Waals surface area contributed by atoms with Crippen LogP contribution in [0.2, 0.25) is 10.0 Å². The molecule has 2 heterocycles. The zero-order valence-corrected chi connectivity index (χ0v) is 16.8. The molecule has 1 aromatic rings. The van der Waals surface area contributed by atoms with Gasteiger partial charge in [-0.25, -0.2) is 4.79 Å². The molecule has 3 N–H and O–H groups in total. The lowest BCUT2D eigenvalue weighted by atomic mass is 10.0. The van der Waals surface area contributed by atoms with Gasteiger partial charge < -0.3 is 20.5 Å². The Bertz CT molecular complexity index is 639. The normalized spacial score (nSPS) is 24.6. The van der Waals surface area contributed by atoms with Crippen molar-refractivity contribution < 1.29 is 19.4 Å². The third kappa shape index (κ3) is 5.97. The van der Waals surface area contributed by atoms with E-state index in [0.29, 0.717) is 27.7 Å². The van der Waals surface area contributed by atoms with E-state index in [2.05, 4.69) is 29.4 Å². The lowest BCUT2D eigenvalue weighted by molar-refractivity contribution is -0.122. The summed E-state index contributed by atoms with van der Waals surface area (Å²) in [6.07, 6.45) is 1.17. The number of carboxylic acid groups (broad SMARTS) is 1. The maximum absolute atomic E-state index is 12.3. The molecule has 0 aromatic heterocycles. The Kier molecular flexibility index (Phi) is 8.16. The molecule has 1 aromatic carbocycles. The molecule has 7 nitrogen and oxygen atoms in total. The minimum atomic E-state index is -0.281. The van der Waals surface area contributed by atoms with Gasteiger partial charge in [-0.2, -0.15) is 0 Å². The summed E-state index contributed by atoms with van der Waals surface area (Å²) in [7, 11) is 0. The second-order valence-corrected chi connectivity index (χ2v) is 7.77. The van der Waals surface area contributed by atoms with Gasteiger partial charge in [0.1, 0.15) is 0 Å². The highest BCUT2D eigenvalue weighted by atomic mass is 35.5. The number of halogens is 2. The average molecular weight is 418 g/mol. The van der Waals surface area contributed by atoms with Crippen LogP contribution >= 0.6 is 23.2 Å². The highest BCUT2D eigenvalue weighted by Crippen LogP contribution is 2.30. The fourth-order valence-electron chi connectivity index (χ4n) is 3.36. The number of nitrogens with zero attached hydrogens (tertiary/aromatic N) is 1. The predicted octanol–water partition coefficient (Wildman–Crippen LogP) is 3.31. The van der Waals surface area contributed by atoms with Crippen molar-refractivity contribution in [2.24, 2.45) is 5.92 Å². The predicted molar refractivity (Wildman–Crippen MR) is 106 cm³/mol. The lowest BCUT2D eigenvalue weighted by Gasteiger charge is -2.36. The second kappa shape index (κ2) is 10.1. The number of rotatable bonds is 3. The van der Waals surface area contributed by atoms with Gasteiger partial charge in [-0.05, 0) is 24.5 Å². The summed E-state index contributed by atoms with van der Waals surface area (Å²) in [6.45, 7) is 6.62. The summed E-state index contributed by atoms with van der Waals surface area (Å²) < 4.78 is 5.93. The Morgan fingerprint density at radius 1 is 1.33 bits per heavy atom. The summed E-state index contributed by atoms with van der Waals surface area (Å²) in [6, 6.07) is 5.34. The van der Waals surface area contributed by atoms with Crippen LogP contribution < -0.4 is 10.6 Å². The Labute approximate surface area is 169 Å². The summed E-state index contributed by atoms with van der Waals surface area (Å²) in [5.74, 6) is 0.503. The minimum Gasteiger partial charge on any atom is -0.483 e. The molecular weight excluding hydrogens is 393 g/mol. The molecule has 0 bridgehead atoms. The van der Waals surface area contributed by atoms with Crippen LogP contribution in [-0.4, -0.2) is 60.4 Å². The van der Waals surface area contributed by atoms with Crippen LogP contribution in [0.1, 0.15) is 20.3 Å². The molecule has 9 heteroatoms. The van der Waals surface area contributed by atoms with E-state index in [1.807, 2.05) is 0 Å². The Morgan fingerprint density at radius 2 is 1.96 bits per heavy atom. The molecule has 3 rings (SSSR count). The van der Waals surface area contributed by atoms with E-state index < -0.39 is 0 Å². The number of hydrogen-bond donors (Lipinski definition) is 3. The molecule has 27 heavy (non-hydrogen) atoms. The topological polar surface area (TPSA) is 90.9 Å². The van der Waals surface area contributed by atoms with E-state index in [4.69, 9.17) is 37.8 Å². The Morgan fingerprint density at radius 3 is 2.56 bits per heavy atom.